The molecule has 0 unspecified atom stereocenters. The SMILES string of the molecule is O=C(Nc1cccnc1Cl)N(CCCCO)C1CC1. The van der Waals surface area contributed by atoms with Gasteiger partial charge in [-0.25, -0.2) is 9.78 Å². The monoisotopic (exact) mass is 283 g/mol. The van der Waals surface area contributed by atoms with Gasteiger partial charge in [-0.15, -0.1) is 0 Å². The van der Waals surface area contributed by atoms with E-state index in [0.29, 0.717) is 29.8 Å². The third-order valence-electron chi connectivity index (χ3n) is 3.06. The molecule has 1 aliphatic carbocycles. The highest BCUT2D eigenvalue weighted by Gasteiger charge is 2.32. The van der Waals surface area contributed by atoms with Gasteiger partial charge in [-0.3, -0.25) is 0 Å². The zero-order valence-corrected chi connectivity index (χ0v) is 11.4. The van der Waals surface area contributed by atoms with Crippen LogP contribution in [0.2, 0.25) is 5.15 Å². The van der Waals surface area contributed by atoms with E-state index in [4.69, 9.17) is 16.7 Å². The smallest absolute Gasteiger partial charge is 0.322 e. The first-order valence-electron chi connectivity index (χ1n) is 6.51. The number of aliphatic hydroxyl groups excluding tert-OH is 1. The summed E-state index contributed by atoms with van der Waals surface area (Å²) in [5, 5.41) is 11.9. The van der Waals surface area contributed by atoms with E-state index in [1.54, 1.807) is 18.3 Å². The lowest BCUT2D eigenvalue weighted by Gasteiger charge is -2.22. The van der Waals surface area contributed by atoms with Crippen LogP contribution in [0.5, 0.6) is 0 Å². The maximum absolute atomic E-state index is 12.2. The second-order valence-electron chi connectivity index (χ2n) is 4.63. The summed E-state index contributed by atoms with van der Waals surface area (Å²) in [4.78, 5) is 18.0. The van der Waals surface area contributed by atoms with Crippen LogP contribution in [0, 0.1) is 0 Å². The van der Waals surface area contributed by atoms with Gasteiger partial charge in [0.05, 0.1) is 5.69 Å². The molecule has 2 rings (SSSR count). The number of nitrogens with one attached hydrogen (secondary N) is 1. The molecule has 1 heterocycles. The lowest BCUT2D eigenvalue weighted by molar-refractivity contribution is 0.204. The zero-order valence-electron chi connectivity index (χ0n) is 10.7. The number of pyridine rings is 1. The van der Waals surface area contributed by atoms with Crippen molar-refractivity contribution in [2.75, 3.05) is 18.5 Å². The number of anilines is 1. The number of hydrogen-bond donors (Lipinski definition) is 2. The van der Waals surface area contributed by atoms with E-state index in [2.05, 4.69) is 10.3 Å². The van der Waals surface area contributed by atoms with E-state index in [9.17, 15) is 4.79 Å². The molecule has 5 nitrogen and oxygen atoms in total. The Labute approximate surface area is 117 Å². The van der Waals surface area contributed by atoms with Crippen LogP contribution >= 0.6 is 11.6 Å². The highest BCUT2D eigenvalue weighted by Crippen LogP contribution is 2.28. The fourth-order valence-corrected chi connectivity index (χ4v) is 2.06. The molecule has 0 bridgehead atoms. The Bertz CT molecular complexity index is 438. The lowest BCUT2D eigenvalue weighted by Crippen LogP contribution is -2.37. The minimum Gasteiger partial charge on any atom is -0.396 e. The predicted molar refractivity (Wildman–Crippen MR) is 74.3 cm³/mol. The van der Waals surface area contributed by atoms with Gasteiger partial charge in [-0.1, -0.05) is 11.6 Å². The van der Waals surface area contributed by atoms with E-state index < -0.39 is 0 Å². The topological polar surface area (TPSA) is 65.5 Å². The van der Waals surface area contributed by atoms with Crippen LogP contribution in [0.4, 0.5) is 10.5 Å². The number of hydrogen-bond acceptors (Lipinski definition) is 3. The second kappa shape index (κ2) is 6.73. The van der Waals surface area contributed by atoms with Gasteiger partial charge in [0.1, 0.15) is 0 Å². The number of carbonyl (C=O) groups excluding carboxylic acids is 1. The van der Waals surface area contributed by atoms with Crippen molar-refractivity contribution in [1.82, 2.24) is 9.88 Å². The van der Waals surface area contributed by atoms with Crippen molar-refractivity contribution in [1.29, 1.82) is 0 Å². The predicted octanol–water partition coefficient (Wildman–Crippen LogP) is 2.50. The molecule has 2 N–H and O–H groups in total. The molecule has 1 saturated carbocycles. The number of nitrogens with zero attached hydrogens (tertiary/aromatic N) is 2. The second-order valence-corrected chi connectivity index (χ2v) is 4.99. The Kier molecular flexibility index (Phi) is 4.99. The van der Waals surface area contributed by atoms with Crippen LogP contribution in [0.25, 0.3) is 0 Å². The summed E-state index contributed by atoms with van der Waals surface area (Å²) in [5.74, 6) is 0. The zero-order chi connectivity index (χ0) is 13.7. The Morgan fingerprint density at radius 1 is 1.53 bits per heavy atom. The van der Waals surface area contributed by atoms with E-state index in [0.717, 1.165) is 19.3 Å². The number of unbranched alkanes of at least 4 members (excludes halogenated alkanes) is 1. The molecule has 6 heteroatoms. The van der Waals surface area contributed by atoms with Crippen molar-refractivity contribution in [3.63, 3.8) is 0 Å². The number of amides is 2. The Balaban J connectivity index is 1.94. The van der Waals surface area contributed by atoms with Crippen LogP contribution < -0.4 is 5.32 Å². The molecule has 1 aromatic rings. The van der Waals surface area contributed by atoms with Gasteiger partial charge in [-0.2, -0.15) is 0 Å². The Morgan fingerprint density at radius 3 is 2.95 bits per heavy atom. The van der Waals surface area contributed by atoms with Crippen molar-refractivity contribution in [2.45, 2.75) is 31.7 Å². The summed E-state index contributed by atoms with van der Waals surface area (Å²) < 4.78 is 0. The highest BCUT2D eigenvalue weighted by atomic mass is 35.5. The quantitative estimate of drug-likeness (QED) is 0.623. The van der Waals surface area contributed by atoms with Gasteiger partial charge in [0, 0.05) is 25.4 Å². The van der Waals surface area contributed by atoms with Gasteiger partial charge >= 0.3 is 6.03 Å². The van der Waals surface area contributed by atoms with Crippen LogP contribution in [0.1, 0.15) is 25.7 Å². The van der Waals surface area contributed by atoms with Crippen molar-refractivity contribution >= 4 is 23.3 Å². The van der Waals surface area contributed by atoms with Crippen LogP contribution in [0.3, 0.4) is 0 Å². The molecule has 0 aromatic carbocycles. The summed E-state index contributed by atoms with van der Waals surface area (Å²) >= 11 is 5.92. The van der Waals surface area contributed by atoms with E-state index in [1.165, 1.54) is 0 Å². The number of rotatable bonds is 6. The van der Waals surface area contributed by atoms with Gasteiger partial charge in [0.15, 0.2) is 5.15 Å². The first-order chi connectivity index (χ1) is 9.22. The third kappa shape index (κ3) is 4.08. The molecule has 104 valence electrons. The average Bonchev–Trinajstić information content (AvgIpc) is 3.22. The van der Waals surface area contributed by atoms with Crippen molar-refractivity contribution in [3.8, 4) is 0 Å². The Hall–Kier alpha value is -1.33. The summed E-state index contributed by atoms with van der Waals surface area (Å²) in [6, 6.07) is 3.64. The first-order valence-corrected chi connectivity index (χ1v) is 6.89. The third-order valence-corrected chi connectivity index (χ3v) is 3.36. The maximum atomic E-state index is 12.2. The largest absolute Gasteiger partial charge is 0.396 e. The molecule has 1 fully saturated rings. The first kappa shape index (κ1) is 14.1. The van der Waals surface area contributed by atoms with E-state index >= 15 is 0 Å². The molecule has 0 spiro atoms. The maximum Gasteiger partial charge on any atom is 0.322 e. The van der Waals surface area contributed by atoms with Crippen molar-refractivity contribution < 1.29 is 9.90 Å². The number of carbonyl (C=O) groups is 1. The number of aliphatic hydroxyl groups is 1. The molecular formula is C13H18ClN3O2. The number of halogens is 1. The molecule has 0 aliphatic heterocycles. The van der Waals surface area contributed by atoms with Gasteiger partial charge < -0.3 is 15.3 Å². The standard InChI is InChI=1S/C13H18ClN3O2/c14-12-11(4-3-7-15-12)16-13(19)17(10-5-6-10)8-1-2-9-18/h3-4,7,10,18H,1-2,5-6,8-9H2,(H,16,19). The van der Waals surface area contributed by atoms with Gasteiger partial charge in [-0.05, 0) is 37.8 Å². The molecule has 1 aromatic heterocycles. The van der Waals surface area contributed by atoms with E-state index in [-0.39, 0.29) is 12.6 Å². The molecular weight excluding hydrogens is 266 g/mol. The molecule has 19 heavy (non-hydrogen) atoms. The average molecular weight is 284 g/mol. The summed E-state index contributed by atoms with van der Waals surface area (Å²) in [7, 11) is 0. The molecule has 2 amide bonds. The summed E-state index contributed by atoms with van der Waals surface area (Å²) in [6.07, 6.45) is 5.20. The van der Waals surface area contributed by atoms with Crippen molar-refractivity contribution in [3.05, 3.63) is 23.5 Å². The number of urea groups is 1. The molecule has 0 radical (unpaired) electrons. The minimum atomic E-state index is -0.143. The Morgan fingerprint density at radius 2 is 2.32 bits per heavy atom. The normalized spacial score (nSPS) is 14.2. The molecule has 0 atom stereocenters. The van der Waals surface area contributed by atoms with Crippen molar-refractivity contribution in [2.24, 2.45) is 0 Å². The van der Waals surface area contributed by atoms with Gasteiger partial charge in [0.2, 0.25) is 0 Å². The van der Waals surface area contributed by atoms with Crippen LogP contribution in [0.15, 0.2) is 18.3 Å². The molecule has 0 saturated heterocycles. The minimum absolute atomic E-state index is 0.143. The molecule has 1 aliphatic rings. The van der Waals surface area contributed by atoms with E-state index in [1.807, 2.05) is 4.90 Å². The van der Waals surface area contributed by atoms with Crippen LogP contribution in [-0.4, -0.2) is 40.2 Å². The summed E-state index contributed by atoms with van der Waals surface area (Å²) in [5.41, 5.74) is 0.530. The van der Waals surface area contributed by atoms with Crippen LogP contribution in [-0.2, 0) is 0 Å². The lowest BCUT2D eigenvalue weighted by atomic mass is 10.3. The summed E-state index contributed by atoms with van der Waals surface area (Å²) in [6.45, 7) is 0.823. The number of aromatic nitrogens is 1. The fraction of sp³-hybridized carbons (Fsp3) is 0.538. The highest BCUT2D eigenvalue weighted by molar-refractivity contribution is 6.32. The fourth-order valence-electron chi connectivity index (χ4n) is 1.90. The van der Waals surface area contributed by atoms with Gasteiger partial charge in [0.25, 0.3) is 0 Å².